The minimum atomic E-state index is -0.863. The SMILES string of the molecule is Cc1ccc(C(=O)O)c(NCCCC2CCCC2)c1. The average Bonchev–Trinajstić information content (AvgIpc) is 2.87. The summed E-state index contributed by atoms with van der Waals surface area (Å²) in [5.74, 6) is 0.0385. The number of carboxylic acid groups (broad SMARTS) is 1. The quantitative estimate of drug-likeness (QED) is 0.759. The lowest BCUT2D eigenvalue weighted by Crippen LogP contribution is -2.09. The lowest BCUT2D eigenvalue weighted by atomic mass is 10.0. The Morgan fingerprint density at radius 1 is 1.37 bits per heavy atom. The van der Waals surface area contributed by atoms with Gasteiger partial charge < -0.3 is 10.4 Å². The van der Waals surface area contributed by atoms with Crippen LogP contribution >= 0.6 is 0 Å². The molecule has 0 aromatic heterocycles. The summed E-state index contributed by atoms with van der Waals surface area (Å²) in [7, 11) is 0. The third-order valence-corrected chi connectivity index (χ3v) is 3.98. The fourth-order valence-corrected chi connectivity index (χ4v) is 2.90. The van der Waals surface area contributed by atoms with Crippen molar-refractivity contribution in [2.45, 2.75) is 45.4 Å². The summed E-state index contributed by atoms with van der Waals surface area (Å²) >= 11 is 0. The summed E-state index contributed by atoms with van der Waals surface area (Å²) < 4.78 is 0. The van der Waals surface area contributed by atoms with Gasteiger partial charge in [0, 0.05) is 12.2 Å². The van der Waals surface area contributed by atoms with Gasteiger partial charge in [-0.3, -0.25) is 0 Å². The van der Waals surface area contributed by atoms with E-state index in [1.54, 1.807) is 6.07 Å². The molecule has 104 valence electrons. The molecule has 2 N–H and O–H groups in total. The largest absolute Gasteiger partial charge is 0.478 e. The highest BCUT2D eigenvalue weighted by Crippen LogP contribution is 2.28. The standard InChI is InChI=1S/C16H23NO2/c1-12-8-9-14(16(18)19)15(11-12)17-10-4-7-13-5-2-3-6-13/h8-9,11,13,17H,2-7,10H2,1H3,(H,18,19). The molecule has 1 saturated carbocycles. The summed E-state index contributed by atoms with van der Waals surface area (Å²) in [6.45, 7) is 2.84. The third kappa shape index (κ3) is 3.98. The van der Waals surface area contributed by atoms with E-state index in [2.05, 4.69) is 5.32 Å². The molecule has 0 atom stereocenters. The fraction of sp³-hybridized carbons (Fsp3) is 0.562. The molecule has 1 aliphatic rings. The van der Waals surface area contributed by atoms with Crippen LogP contribution in [0.15, 0.2) is 18.2 Å². The maximum absolute atomic E-state index is 11.1. The zero-order valence-corrected chi connectivity index (χ0v) is 11.6. The van der Waals surface area contributed by atoms with E-state index in [1.807, 2.05) is 19.1 Å². The summed E-state index contributed by atoms with van der Waals surface area (Å²) in [5, 5.41) is 12.4. The number of carboxylic acids is 1. The average molecular weight is 261 g/mol. The van der Waals surface area contributed by atoms with E-state index in [4.69, 9.17) is 5.11 Å². The first-order chi connectivity index (χ1) is 9.16. The Bertz CT molecular complexity index is 436. The summed E-state index contributed by atoms with van der Waals surface area (Å²) in [5.41, 5.74) is 2.20. The molecule has 0 aliphatic heterocycles. The lowest BCUT2D eigenvalue weighted by Gasteiger charge is -2.12. The van der Waals surface area contributed by atoms with Crippen molar-refractivity contribution in [1.82, 2.24) is 0 Å². The van der Waals surface area contributed by atoms with E-state index in [0.717, 1.165) is 30.1 Å². The van der Waals surface area contributed by atoms with Gasteiger partial charge in [-0.1, -0.05) is 31.7 Å². The zero-order chi connectivity index (χ0) is 13.7. The van der Waals surface area contributed by atoms with E-state index in [9.17, 15) is 4.79 Å². The van der Waals surface area contributed by atoms with E-state index in [0.29, 0.717) is 5.56 Å². The second-order valence-electron chi connectivity index (χ2n) is 5.57. The topological polar surface area (TPSA) is 49.3 Å². The second kappa shape index (κ2) is 6.60. The van der Waals surface area contributed by atoms with Crippen LogP contribution in [-0.4, -0.2) is 17.6 Å². The summed E-state index contributed by atoms with van der Waals surface area (Å²) in [6, 6.07) is 5.43. The number of nitrogens with one attached hydrogen (secondary N) is 1. The van der Waals surface area contributed by atoms with Crippen molar-refractivity contribution in [2.75, 3.05) is 11.9 Å². The molecular weight excluding hydrogens is 238 g/mol. The molecule has 1 aromatic carbocycles. The van der Waals surface area contributed by atoms with Gasteiger partial charge >= 0.3 is 5.97 Å². The van der Waals surface area contributed by atoms with Gasteiger partial charge in [0.15, 0.2) is 0 Å². The van der Waals surface area contributed by atoms with Crippen LogP contribution in [0.5, 0.6) is 0 Å². The molecular formula is C16H23NO2. The van der Waals surface area contributed by atoms with Crippen molar-refractivity contribution in [3.63, 3.8) is 0 Å². The van der Waals surface area contributed by atoms with Gasteiger partial charge in [0.25, 0.3) is 0 Å². The van der Waals surface area contributed by atoms with Crippen LogP contribution in [0.4, 0.5) is 5.69 Å². The second-order valence-corrected chi connectivity index (χ2v) is 5.57. The fourth-order valence-electron chi connectivity index (χ4n) is 2.90. The van der Waals surface area contributed by atoms with Crippen molar-refractivity contribution in [3.05, 3.63) is 29.3 Å². The molecule has 0 radical (unpaired) electrons. The van der Waals surface area contributed by atoms with Crippen LogP contribution in [-0.2, 0) is 0 Å². The Labute approximate surface area is 115 Å². The van der Waals surface area contributed by atoms with Gasteiger partial charge in [0.05, 0.1) is 5.56 Å². The maximum atomic E-state index is 11.1. The molecule has 2 rings (SSSR count). The van der Waals surface area contributed by atoms with Crippen molar-refractivity contribution in [1.29, 1.82) is 0 Å². The number of hydrogen-bond acceptors (Lipinski definition) is 2. The normalized spacial score (nSPS) is 15.6. The Kier molecular flexibility index (Phi) is 4.83. The first-order valence-electron chi connectivity index (χ1n) is 7.24. The molecule has 0 unspecified atom stereocenters. The van der Waals surface area contributed by atoms with Crippen molar-refractivity contribution < 1.29 is 9.90 Å². The highest BCUT2D eigenvalue weighted by atomic mass is 16.4. The van der Waals surface area contributed by atoms with Gasteiger partial charge in [-0.25, -0.2) is 4.79 Å². The van der Waals surface area contributed by atoms with Crippen molar-refractivity contribution in [3.8, 4) is 0 Å². The summed E-state index contributed by atoms with van der Waals surface area (Å²) in [4.78, 5) is 11.1. The van der Waals surface area contributed by atoms with Crippen molar-refractivity contribution >= 4 is 11.7 Å². The molecule has 1 aliphatic carbocycles. The molecule has 0 heterocycles. The van der Waals surface area contributed by atoms with Gasteiger partial charge in [0.2, 0.25) is 0 Å². The predicted octanol–water partition coefficient (Wildman–Crippen LogP) is 4.08. The number of carbonyl (C=O) groups is 1. The minimum absolute atomic E-state index is 0.367. The van der Waals surface area contributed by atoms with Crippen LogP contribution in [0.2, 0.25) is 0 Å². The molecule has 0 saturated heterocycles. The molecule has 3 heteroatoms. The number of aryl methyl sites for hydroxylation is 1. The Morgan fingerprint density at radius 3 is 2.79 bits per heavy atom. The molecule has 3 nitrogen and oxygen atoms in total. The van der Waals surface area contributed by atoms with Gasteiger partial charge in [-0.2, -0.15) is 0 Å². The Balaban J connectivity index is 1.84. The molecule has 0 spiro atoms. The third-order valence-electron chi connectivity index (χ3n) is 3.98. The molecule has 1 fully saturated rings. The number of hydrogen-bond donors (Lipinski definition) is 2. The number of rotatable bonds is 6. The smallest absolute Gasteiger partial charge is 0.337 e. The van der Waals surface area contributed by atoms with Gasteiger partial charge in [-0.15, -0.1) is 0 Å². The van der Waals surface area contributed by atoms with Crippen LogP contribution in [0.1, 0.15) is 54.4 Å². The zero-order valence-electron chi connectivity index (χ0n) is 11.6. The Morgan fingerprint density at radius 2 is 2.11 bits per heavy atom. The maximum Gasteiger partial charge on any atom is 0.337 e. The summed E-state index contributed by atoms with van der Waals surface area (Å²) in [6.07, 6.45) is 7.92. The lowest BCUT2D eigenvalue weighted by molar-refractivity contribution is 0.0698. The molecule has 1 aromatic rings. The molecule has 0 bridgehead atoms. The minimum Gasteiger partial charge on any atom is -0.478 e. The molecule has 0 amide bonds. The number of benzene rings is 1. The van der Waals surface area contributed by atoms with Gasteiger partial charge in [0.1, 0.15) is 0 Å². The van der Waals surface area contributed by atoms with Crippen LogP contribution in [0.25, 0.3) is 0 Å². The van der Waals surface area contributed by atoms with E-state index < -0.39 is 5.97 Å². The highest BCUT2D eigenvalue weighted by molar-refractivity contribution is 5.94. The number of aromatic carboxylic acids is 1. The number of anilines is 1. The van der Waals surface area contributed by atoms with Crippen molar-refractivity contribution in [2.24, 2.45) is 5.92 Å². The Hall–Kier alpha value is -1.51. The van der Waals surface area contributed by atoms with E-state index >= 15 is 0 Å². The monoisotopic (exact) mass is 261 g/mol. The first-order valence-corrected chi connectivity index (χ1v) is 7.24. The van der Waals surface area contributed by atoms with E-state index in [-0.39, 0.29) is 0 Å². The van der Waals surface area contributed by atoms with E-state index in [1.165, 1.54) is 32.1 Å². The highest BCUT2D eigenvalue weighted by Gasteiger charge is 2.14. The first kappa shape index (κ1) is 13.9. The predicted molar refractivity (Wildman–Crippen MR) is 77.8 cm³/mol. The van der Waals surface area contributed by atoms with Crippen LogP contribution < -0.4 is 5.32 Å². The molecule has 19 heavy (non-hydrogen) atoms. The van der Waals surface area contributed by atoms with Crippen LogP contribution in [0, 0.1) is 12.8 Å². The van der Waals surface area contributed by atoms with Crippen LogP contribution in [0.3, 0.4) is 0 Å². The van der Waals surface area contributed by atoms with Gasteiger partial charge in [-0.05, 0) is 43.4 Å².